The van der Waals surface area contributed by atoms with Crippen LogP contribution in [0, 0.1) is 0 Å². The van der Waals surface area contributed by atoms with E-state index in [9.17, 15) is 0 Å². The molecular formula is C16H28N4O2. The summed E-state index contributed by atoms with van der Waals surface area (Å²) in [5, 5.41) is 4.00. The fraction of sp³-hybridized carbons (Fsp3) is 0.875. The zero-order chi connectivity index (χ0) is 15.4. The quantitative estimate of drug-likeness (QED) is 0.828. The summed E-state index contributed by atoms with van der Waals surface area (Å²) in [6.07, 6.45) is 5.04. The molecule has 22 heavy (non-hydrogen) atoms. The molecule has 6 nitrogen and oxygen atoms in total. The van der Waals surface area contributed by atoms with E-state index in [2.05, 4.69) is 26.9 Å². The molecule has 1 aromatic heterocycles. The summed E-state index contributed by atoms with van der Waals surface area (Å²) in [7, 11) is 0. The highest BCUT2D eigenvalue weighted by Gasteiger charge is 2.27. The van der Waals surface area contributed by atoms with Crippen LogP contribution >= 0.6 is 0 Å². The molecule has 0 spiro atoms. The lowest BCUT2D eigenvalue weighted by Gasteiger charge is -2.38. The molecule has 0 aliphatic carbocycles. The summed E-state index contributed by atoms with van der Waals surface area (Å²) < 4.78 is 11.2. The van der Waals surface area contributed by atoms with E-state index in [0.717, 1.165) is 57.5 Å². The number of hydrogen-bond donors (Lipinski definition) is 0. The van der Waals surface area contributed by atoms with Gasteiger partial charge >= 0.3 is 0 Å². The Morgan fingerprint density at radius 1 is 1.23 bits per heavy atom. The van der Waals surface area contributed by atoms with Gasteiger partial charge in [-0.1, -0.05) is 12.1 Å². The Morgan fingerprint density at radius 3 is 2.68 bits per heavy atom. The van der Waals surface area contributed by atoms with Crippen molar-refractivity contribution < 1.29 is 9.26 Å². The van der Waals surface area contributed by atoms with Crippen LogP contribution in [0.1, 0.15) is 50.9 Å². The van der Waals surface area contributed by atoms with Gasteiger partial charge < -0.3 is 9.26 Å². The van der Waals surface area contributed by atoms with Crippen molar-refractivity contribution in [2.75, 3.05) is 39.3 Å². The van der Waals surface area contributed by atoms with E-state index < -0.39 is 0 Å². The number of piperazine rings is 1. The van der Waals surface area contributed by atoms with Gasteiger partial charge in [-0.3, -0.25) is 9.80 Å². The molecule has 0 amide bonds. The Bertz CT molecular complexity index is 451. The predicted octanol–water partition coefficient (Wildman–Crippen LogP) is 1.88. The van der Waals surface area contributed by atoms with Gasteiger partial charge in [0, 0.05) is 45.8 Å². The standard InChI is InChI=1S/C16H28N4O2/c1-3-15-17-16(22-18-15)13(2)20-9-7-19(8-10-20)12-14-6-4-5-11-21-14/h13-14H,3-12H2,1-2H3/t13-,14+/m0/s1. The highest BCUT2D eigenvalue weighted by molar-refractivity contribution is 4.93. The lowest BCUT2D eigenvalue weighted by atomic mass is 10.1. The average Bonchev–Trinajstić information content (AvgIpc) is 3.05. The van der Waals surface area contributed by atoms with E-state index in [1.54, 1.807) is 0 Å². The van der Waals surface area contributed by atoms with Crippen LogP contribution in [0.15, 0.2) is 4.52 Å². The molecule has 124 valence electrons. The zero-order valence-corrected chi connectivity index (χ0v) is 13.8. The average molecular weight is 308 g/mol. The Labute approximate surface area is 132 Å². The van der Waals surface area contributed by atoms with Crippen LogP contribution in [0.5, 0.6) is 0 Å². The van der Waals surface area contributed by atoms with Crippen LogP contribution in [-0.4, -0.2) is 65.4 Å². The minimum atomic E-state index is 0.209. The van der Waals surface area contributed by atoms with Crippen molar-refractivity contribution in [1.29, 1.82) is 0 Å². The fourth-order valence-electron chi connectivity index (χ4n) is 3.31. The fourth-order valence-corrected chi connectivity index (χ4v) is 3.31. The summed E-state index contributed by atoms with van der Waals surface area (Å²) >= 11 is 0. The van der Waals surface area contributed by atoms with Crippen molar-refractivity contribution in [3.63, 3.8) is 0 Å². The Kier molecular flexibility index (Phi) is 5.44. The maximum absolute atomic E-state index is 5.85. The molecule has 2 aliphatic heterocycles. The number of hydrogen-bond acceptors (Lipinski definition) is 6. The Morgan fingerprint density at radius 2 is 2.05 bits per heavy atom. The molecule has 0 saturated carbocycles. The molecule has 2 atom stereocenters. The van der Waals surface area contributed by atoms with Crippen LogP contribution in [0.3, 0.4) is 0 Å². The molecule has 2 aliphatic rings. The van der Waals surface area contributed by atoms with Gasteiger partial charge in [0.25, 0.3) is 0 Å². The maximum atomic E-state index is 5.85. The van der Waals surface area contributed by atoms with Crippen molar-refractivity contribution in [3.05, 3.63) is 11.7 Å². The molecule has 3 heterocycles. The third-order valence-corrected chi connectivity index (χ3v) is 4.85. The SMILES string of the molecule is CCc1noc([C@H](C)N2CCN(C[C@H]3CCCCO3)CC2)n1. The van der Waals surface area contributed by atoms with Gasteiger partial charge in [0.1, 0.15) is 0 Å². The second-order valence-electron chi connectivity index (χ2n) is 6.40. The Balaban J connectivity index is 1.46. The molecule has 6 heteroatoms. The first-order valence-electron chi connectivity index (χ1n) is 8.66. The second-order valence-corrected chi connectivity index (χ2v) is 6.40. The van der Waals surface area contributed by atoms with Crippen LogP contribution in [0.25, 0.3) is 0 Å². The molecule has 3 rings (SSSR count). The molecule has 2 saturated heterocycles. The summed E-state index contributed by atoms with van der Waals surface area (Å²) in [6, 6.07) is 0.209. The first kappa shape index (κ1) is 15.9. The second kappa shape index (κ2) is 7.53. The molecule has 0 bridgehead atoms. The first-order chi connectivity index (χ1) is 10.8. The molecule has 0 radical (unpaired) electrons. The van der Waals surface area contributed by atoms with Crippen molar-refractivity contribution in [1.82, 2.24) is 19.9 Å². The van der Waals surface area contributed by atoms with Gasteiger partial charge in [0.05, 0.1) is 12.1 Å². The molecular weight excluding hydrogens is 280 g/mol. The summed E-state index contributed by atoms with van der Waals surface area (Å²) in [6.45, 7) is 10.5. The van der Waals surface area contributed by atoms with E-state index >= 15 is 0 Å². The van der Waals surface area contributed by atoms with Crippen LogP contribution < -0.4 is 0 Å². The van der Waals surface area contributed by atoms with Gasteiger partial charge in [0.15, 0.2) is 5.82 Å². The van der Waals surface area contributed by atoms with Gasteiger partial charge in [-0.15, -0.1) is 0 Å². The van der Waals surface area contributed by atoms with Crippen molar-refractivity contribution in [2.24, 2.45) is 0 Å². The minimum Gasteiger partial charge on any atom is -0.377 e. The van der Waals surface area contributed by atoms with E-state index in [1.807, 2.05) is 6.92 Å². The number of aromatic nitrogens is 2. The summed E-state index contributed by atoms with van der Waals surface area (Å²) in [5.74, 6) is 1.55. The van der Waals surface area contributed by atoms with E-state index in [-0.39, 0.29) is 6.04 Å². The van der Waals surface area contributed by atoms with Crippen molar-refractivity contribution in [2.45, 2.75) is 51.7 Å². The largest absolute Gasteiger partial charge is 0.377 e. The van der Waals surface area contributed by atoms with Crippen LogP contribution in [0.4, 0.5) is 0 Å². The van der Waals surface area contributed by atoms with Crippen molar-refractivity contribution in [3.8, 4) is 0 Å². The van der Waals surface area contributed by atoms with Gasteiger partial charge in [0.2, 0.25) is 5.89 Å². The normalized spacial score (nSPS) is 26.2. The summed E-state index contributed by atoms with van der Waals surface area (Å²) in [4.78, 5) is 9.43. The van der Waals surface area contributed by atoms with E-state index in [1.165, 1.54) is 19.3 Å². The lowest BCUT2D eigenvalue weighted by Crippen LogP contribution is -2.49. The highest BCUT2D eigenvalue weighted by atomic mass is 16.5. The van der Waals surface area contributed by atoms with Crippen molar-refractivity contribution >= 4 is 0 Å². The molecule has 0 aromatic carbocycles. The maximum Gasteiger partial charge on any atom is 0.243 e. The highest BCUT2D eigenvalue weighted by Crippen LogP contribution is 2.21. The zero-order valence-electron chi connectivity index (χ0n) is 13.8. The lowest BCUT2D eigenvalue weighted by molar-refractivity contribution is -0.0175. The van der Waals surface area contributed by atoms with Crippen LogP contribution in [0.2, 0.25) is 0 Å². The minimum absolute atomic E-state index is 0.209. The summed E-state index contributed by atoms with van der Waals surface area (Å²) in [5.41, 5.74) is 0. The number of nitrogens with zero attached hydrogens (tertiary/aromatic N) is 4. The monoisotopic (exact) mass is 308 g/mol. The predicted molar refractivity (Wildman–Crippen MR) is 83.7 cm³/mol. The Hall–Kier alpha value is -0.980. The molecule has 2 fully saturated rings. The topological polar surface area (TPSA) is 54.6 Å². The van der Waals surface area contributed by atoms with Gasteiger partial charge in [-0.25, -0.2) is 0 Å². The third kappa shape index (κ3) is 3.86. The van der Waals surface area contributed by atoms with Crippen LogP contribution in [-0.2, 0) is 11.2 Å². The third-order valence-electron chi connectivity index (χ3n) is 4.85. The smallest absolute Gasteiger partial charge is 0.243 e. The number of rotatable bonds is 5. The molecule has 0 unspecified atom stereocenters. The first-order valence-corrected chi connectivity index (χ1v) is 8.66. The number of ether oxygens (including phenoxy) is 1. The molecule has 0 N–H and O–H groups in total. The van der Waals surface area contributed by atoms with Gasteiger partial charge in [-0.2, -0.15) is 4.98 Å². The van der Waals surface area contributed by atoms with E-state index in [4.69, 9.17) is 9.26 Å². The number of aryl methyl sites for hydroxylation is 1. The van der Waals surface area contributed by atoms with E-state index in [0.29, 0.717) is 6.10 Å². The van der Waals surface area contributed by atoms with Gasteiger partial charge in [-0.05, 0) is 26.2 Å². The molecule has 1 aromatic rings.